The summed E-state index contributed by atoms with van der Waals surface area (Å²) >= 11 is 0. The van der Waals surface area contributed by atoms with E-state index >= 15 is 0 Å². The molecule has 1 fully saturated rings. The normalized spacial score (nSPS) is 20.3. The van der Waals surface area contributed by atoms with Crippen LogP contribution in [0.2, 0.25) is 0 Å². The number of rotatable bonds is 6. The highest BCUT2D eigenvalue weighted by atomic mass is 16.7. The third-order valence-electron chi connectivity index (χ3n) is 4.18. The zero-order valence-electron chi connectivity index (χ0n) is 11.8. The van der Waals surface area contributed by atoms with E-state index in [9.17, 15) is 0 Å². The molecule has 1 heterocycles. The minimum Gasteiger partial charge on any atom is -0.454 e. The Bertz CT molecular complexity index is 442. The van der Waals surface area contributed by atoms with Gasteiger partial charge in [-0.3, -0.25) is 0 Å². The van der Waals surface area contributed by atoms with Crippen LogP contribution in [0.3, 0.4) is 0 Å². The average Bonchev–Trinajstić information content (AvgIpc) is 3.15. The van der Waals surface area contributed by atoms with Crippen LogP contribution < -0.4 is 14.8 Å². The van der Waals surface area contributed by atoms with Gasteiger partial charge in [0, 0.05) is 12.1 Å². The van der Waals surface area contributed by atoms with Crippen molar-refractivity contribution in [2.24, 2.45) is 5.92 Å². The van der Waals surface area contributed by atoms with Crippen molar-refractivity contribution in [3.63, 3.8) is 0 Å². The van der Waals surface area contributed by atoms with Gasteiger partial charge in [0.25, 0.3) is 0 Å². The van der Waals surface area contributed by atoms with E-state index in [0.717, 1.165) is 30.3 Å². The summed E-state index contributed by atoms with van der Waals surface area (Å²) in [6.45, 7) is 4.95. The Kier molecular flexibility index (Phi) is 3.65. The lowest BCUT2D eigenvalue weighted by Crippen LogP contribution is -2.36. The van der Waals surface area contributed by atoms with Crippen molar-refractivity contribution in [1.82, 2.24) is 5.32 Å². The van der Waals surface area contributed by atoms with E-state index in [2.05, 4.69) is 31.3 Å². The Hall–Kier alpha value is -1.22. The van der Waals surface area contributed by atoms with Gasteiger partial charge in [-0.1, -0.05) is 6.07 Å². The van der Waals surface area contributed by atoms with Gasteiger partial charge in [-0.05, 0) is 63.1 Å². The molecule has 3 rings (SSSR count). The molecule has 0 saturated heterocycles. The largest absolute Gasteiger partial charge is 0.454 e. The maximum Gasteiger partial charge on any atom is 0.231 e. The van der Waals surface area contributed by atoms with Crippen molar-refractivity contribution >= 4 is 0 Å². The van der Waals surface area contributed by atoms with Crippen molar-refractivity contribution in [3.8, 4) is 11.5 Å². The number of benzene rings is 1. The molecule has 1 aliphatic heterocycles. The maximum atomic E-state index is 5.41. The van der Waals surface area contributed by atoms with Crippen molar-refractivity contribution < 1.29 is 9.47 Å². The molecule has 1 aliphatic carbocycles. The van der Waals surface area contributed by atoms with E-state index < -0.39 is 0 Å². The zero-order chi connectivity index (χ0) is 13.2. The van der Waals surface area contributed by atoms with Gasteiger partial charge in [0.2, 0.25) is 6.79 Å². The van der Waals surface area contributed by atoms with Gasteiger partial charge in [-0.15, -0.1) is 0 Å². The summed E-state index contributed by atoms with van der Waals surface area (Å²) in [5.41, 5.74) is 1.33. The summed E-state index contributed by atoms with van der Waals surface area (Å²) in [5.74, 6) is 2.69. The molecule has 104 valence electrons. The summed E-state index contributed by atoms with van der Waals surface area (Å²) in [7, 11) is 0. The van der Waals surface area contributed by atoms with Crippen molar-refractivity contribution in [2.45, 2.75) is 51.6 Å². The second-order valence-electron chi connectivity index (χ2n) is 5.92. The van der Waals surface area contributed by atoms with E-state index in [1.807, 2.05) is 6.07 Å². The molecule has 1 saturated carbocycles. The molecule has 1 aromatic carbocycles. The zero-order valence-corrected chi connectivity index (χ0v) is 11.8. The minimum absolute atomic E-state index is 0.357. The summed E-state index contributed by atoms with van der Waals surface area (Å²) in [6.07, 6.45) is 5.06. The van der Waals surface area contributed by atoms with E-state index in [-0.39, 0.29) is 0 Å². The van der Waals surface area contributed by atoms with Crippen molar-refractivity contribution in [2.75, 3.05) is 6.79 Å². The monoisotopic (exact) mass is 261 g/mol. The second-order valence-corrected chi connectivity index (χ2v) is 5.92. The van der Waals surface area contributed by atoms with Crippen LogP contribution >= 0.6 is 0 Å². The van der Waals surface area contributed by atoms with Gasteiger partial charge < -0.3 is 14.8 Å². The first-order valence-electron chi connectivity index (χ1n) is 7.37. The van der Waals surface area contributed by atoms with Crippen molar-refractivity contribution in [1.29, 1.82) is 0 Å². The van der Waals surface area contributed by atoms with Crippen LogP contribution in [0, 0.1) is 5.92 Å². The lowest BCUT2D eigenvalue weighted by Gasteiger charge is -2.19. The number of ether oxygens (including phenoxy) is 2. The van der Waals surface area contributed by atoms with Crippen LogP contribution in [0.25, 0.3) is 0 Å². The van der Waals surface area contributed by atoms with Crippen LogP contribution in [0.1, 0.15) is 38.7 Å². The number of hydrogen-bond acceptors (Lipinski definition) is 3. The Morgan fingerprint density at radius 2 is 2.00 bits per heavy atom. The highest BCUT2D eigenvalue weighted by molar-refractivity contribution is 5.44. The molecule has 0 radical (unpaired) electrons. The van der Waals surface area contributed by atoms with Crippen molar-refractivity contribution in [3.05, 3.63) is 23.8 Å². The number of hydrogen-bond donors (Lipinski definition) is 1. The molecule has 2 aliphatic rings. The smallest absolute Gasteiger partial charge is 0.231 e. The summed E-state index contributed by atoms with van der Waals surface area (Å²) < 4.78 is 10.7. The predicted octanol–water partition coefficient (Wildman–Crippen LogP) is 3.12. The van der Waals surface area contributed by atoms with Crippen LogP contribution in [-0.2, 0) is 6.42 Å². The Morgan fingerprint density at radius 1 is 1.21 bits per heavy atom. The fourth-order valence-electron chi connectivity index (χ4n) is 2.74. The summed E-state index contributed by atoms with van der Waals surface area (Å²) in [6, 6.07) is 7.51. The first-order valence-corrected chi connectivity index (χ1v) is 7.37. The SMILES string of the molecule is CC(CCc1ccc2c(c1)OCO2)NC(C)C1CC1. The van der Waals surface area contributed by atoms with Gasteiger partial charge in [0.1, 0.15) is 0 Å². The topological polar surface area (TPSA) is 30.5 Å². The molecule has 3 heteroatoms. The van der Waals surface area contributed by atoms with E-state index in [0.29, 0.717) is 18.9 Å². The highest BCUT2D eigenvalue weighted by Crippen LogP contribution is 2.33. The third-order valence-corrected chi connectivity index (χ3v) is 4.18. The number of nitrogens with one attached hydrogen (secondary N) is 1. The molecule has 0 bridgehead atoms. The molecular formula is C16H23NO2. The molecular weight excluding hydrogens is 238 g/mol. The van der Waals surface area contributed by atoms with Gasteiger partial charge in [-0.25, -0.2) is 0 Å². The standard InChI is InChI=1S/C16H23NO2/c1-11(17-12(2)14-6-7-14)3-4-13-5-8-15-16(9-13)19-10-18-15/h5,8-9,11-12,14,17H,3-4,6-7,10H2,1-2H3. The molecule has 19 heavy (non-hydrogen) atoms. The van der Waals surface area contributed by atoms with E-state index in [4.69, 9.17) is 9.47 Å². The molecule has 0 spiro atoms. The molecule has 1 aromatic rings. The van der Waals surface area contributed by atoms with Crippen LogP contribution in [0.5, 0.6) is 11.5 Å². The van der Waals surface area contributed by atoms with E-state index in [1.165, 1.54) is 18.4 Å². The molecule has 1 N–H and O–H groups in total. The molecule has 3 nitrogen and oxygen atoms in total. The van der Waals surface area contributed by atoms with Crippen LogP contribution in [0.15, 0.2) is 18.2 Å². The van der Waals surface area contributed by atoms with Gasteiger partial charge in [0.15, 0.2) is 11.5 Å². The lowest BCUT2D eigenvalue weighted by atomic mass is 10.0. The molecule has 0 amide bonds. The first-order chi connectivity index (χ1) is 9.22. The fourth-order valence-corrected chi connectivity index (χ4v) is 2.74. The maximum absolute atomic E-state index is 5.41. The predicted molar refractivity (Wildman–Crippen MR) is 75.7 cm³/mol. The minimum atomic E-state index is 0.357. The number of aryl methyl sites for hydroxylation is 1. The summed E-state index contributed by atoms with van der Waals surface area (Å²) in [4.78, 5) is 0. The second kappa shape index (κ2) is 5.41. The van der Waals surface area contributed by atoms with Gasteiger partial charge >= 0.3 is 0 Å². The van der Waals surface area contributed by atoms with Gasteiger partial charge in [-0.2, -0.15) is 0 Å². The highest BCUT2D eigenvalue weighted by Gasteiger charge is 2.28. The Morgan fingerprint density at radius 3 is 2.79 bits per heavy atom. The number of fused-ring (bicyclic) bond motifs is 1. The van der Waals surface area contributed by atoms with Crippen LogP contribution in [-0.4, -0.2) is 18.9 Å². The third kappa shape index (κ3) is 3.21. The molecule has 2 atom stereocenters. The average molecular weight is 261 g/mol. The Labute approximate surface area is 115 Å². The Balaban J connectivity index is 1.48. The van der Waals surface area contributed by atoms with E-state index in [1.54, 1.807) is 0 Å². The molecule has 0 aromatic heterocycles. The fraction of sp³-hybridized carbons (Fsp3) is 0.625. The molecule has 2 unspecified atom stereocenters. The lowest BCUT2D eigenvalue weighted by molar-refractivity contribution is 0.174. The van der Waals surface area contributed by atoms with Gasteiger partial charge in [0.05, 0.1) is 0 Å². The summed E-state index contributed by atoms with van der Waals surface area (Å²) in [5, 5.41) is 3.71. The quantitative estimate of drug-likeness (QED) is 0.853. The van der Waals surface area contributed by atoms with Crippen LogP contribution in [0.4, 0.5) is 0 Å². The first kappa shape index (κ1) is 12.8.